The van der Waals surface area contributed by atoms with E-state index in [1.165, 1.54) is 29.2 Å². The SMILES string of the molecule is O=C(Oc1c(F)c(F)cc(F)c1F)c1ccc(C(=O)O)c(C2=c3cc4c5c(c3Oc3c2cc2c6c3CCCN6CCCC2)CCC[N+]=5CCCC4)c1. The fraction of sp³-hybridized carbons (Fsp3) is 0.341. The first-order valence-electron chi connectivity index (χ1n) is 18.1. The van der Waals surface area contributed by atoms with Gasteiger partial charge in [-0.3, -0.25) is 0 Å². The third-order valence-corrected chi connectivity index (χ3v) is 11.2. The Morgan fingerprint density at radius 2 is 1.48 bits per heavy atom. The highest BCUT2D eigenvalue weighted by atomic mass is 19.2. The van der Waals surface area contributed by atoms with E-state index in [1.54, 1.807) is 0 Å². The molecule has 0 radical (unpaired) electrons. The lowest BCUT2D eigenvalue weighted by molar-refractivity contribution is 0.0689. The van der Waals surface area contributed by atoms with Gasteiger partial charge in [0.2, 0.25) is 22.7 Å². The Bertz CT molecular complexity index is 2360. The number of fused-ring (bicyclic) bond motifs is 4. The van der Waals surface area contributed by atoms with E-state index in [-0.39, 0.29) is 22.8 Å². The van der Waals surface area contributed by atoms with Crippen molar-refractivity contribution in [2.24, 2.45) is 0 Å². The van der Waals surface area contributed by atoms with Crippen LogP contribution in [0, 0.1) is 23.3 Å². The van der Waals surface area contributed by atoms with Crippen molar-refractivity contribution in [2.75, 3.05) is 31.1 Å². The predicted molar refractivity (Wildman–Crippen MR) is 184 cm³/mol. The number of nitrogens with zero attached hydrogens (tertiary/aromatic N) is 2. The number of hydrogen-bond donors (Lipinski definition) is 1. The van der Waals surface area contributed by atoms with E-state index in [9.17, 15) is 32.3 Å². The molecule has 0 amide bonds. The molecule has 266 valence electrons. The number of hydrogen-bond acceptors (Lipinski definition) is 5. The van der Waals surface area contributed by atoms with Gasteiger partial charge in [-0.1, -0.05) is 0 Å². The Balaban J connectivity index is 1.34. The Morgan fingerprint density at radius 3 is 2.29 bits per heavy atom. The molecule has 0 saturated carbocycles. The monoisotopic (exact) mass is 711 g/mol. The van der Waals surface area contributed by atoms with Gasteiger partial charge in [-0.2, -0.15) is 8.78 Å². The number of carbonyl (C=O) groups is 2. The van der Waals surface area contributed by atoms with E-state index < -0.39 is 41.0 Å². The smallest absolute Gasteiger partial charge is 0.343 e. The summed E-state index contributed by atoms with van der Waals surface area (Å²) in [5.74, 6) is -9.88. The molecule has 9 rings (SSSR count). The third-order valence-electron chi connectivity index (χ3n) is 11.2. The Labute approximate surface area is 296 Å². The van der Waals surface area contributed by atoms with E-state index in [0.29, 0.717) is 17.1 Å². The number of esters is 1. The van der Waals surface area contributed by atoms with Gasteiger partial charge in [-0.15, -0.1) is 0 Å². The fourth-order valence-electron chi connectivity index (χ4n) is 8.98. The first kappa shape index (κ1) is 32.7. The quantitative estimate of drug-likeness (QED) is 0.0768. The van der Waals surface area contributed by atoms with Crippen molar-refractivity contribution >= 4 is 23.2 Å². The predicted octanol–water partition coefficient (Wildman–Crippen LogP) is 6.38. The van der Waals surface area contributed by atoms with Crippen LogP contribution in [-0.2, 0) is 25.7 Å². The van der Waals surface area contributed by atoms with Crippen LogP contribution in [0.25, 0.3) is 5.57 Å². The molecule has 52 heavy (non-hydrogen) atoms. The minimum atomic E-state index is -1.86. The molecule has 0 atom stereocenters. The number of carbonyl (C=O) groups excluding carboxylic acids is 1. The van der Waals surface area contributed by atoms with Crippen molar-refractivity contribution in [3.63, 3.8) is 0 Å². The zero-order chi connectivity index (χ0) is 35.8. The summed E-state index contributed by atoms with van der Waals surface area (Å²) < 4.78 is 71.6. The van der Waals surface area contributed by atoms with Gasteiger partial charge in [0.1, 0.15) is 24.6 Å². The number of ether oxygens (including phenoxy) is 2. The normalized spacial score (nSPS) is 17.2. The number of aromatic carboxylic acids is 1. The van der Waals surface area contributed by atoms with Crippen LogP contribution < -0.4 is 29.5 Å². The molecule has 0 aromatic heterocycles. The molecule has 0 bridgehead atoms. The lowest BCUT2D eigenvalue weighted by atomic mass is 9.82. The summed E-state index contributed by atoms with van der Waals surface area (Å²) in [5.41, 5.74) is 6.82. The van der Waals surface area contributed by atoms with E-state index in [1.807, 2.05) is 0 Å². The van der Waals surface area contributed by atoms with Crippen LogP contribution in [0.1, 0.15) is 92.6 Å². The van der Waals surface area contributed by atoms with Crippen molar-refractivity contribution in [1.82, 2.24) is 4.58 Å². The molecule has 4 aromatic carbocycles. The Kier molecular flexibility index (Phi) is 7.86. The summed E-state index contributed by atoms with van der Waals surface area (Å²) in [6, 6.07) is 7.99. The molecule has 11 heteroatoms. The standard InChI is InChI=1S/C41H34F4N2O5/c42-30-20-31(43)34(45)39(33(30)44)52-41(50)23-11-12-24(40(48)49)27(19-23)32-28-17-21-7-1-3-13-46-15-5-9-25(35(21)46)37(28)51-38-26-10-6-16-47-14-4-2-8-22(36(26)47)18-29(32)38/h11-12,17-20H,1-10,13-16H2/p+1. The second kappa shape index (κ2) is 12.5. The Morgan fingerprint density at radius 1 is 0.750 bits per heavy atom. The van der Waals surface area contributed by atoms with Crippen LogP contribution in [0.15, 0.2) is 36.4 Å². The van der Waals surface area contributed by atoms with E-state index >= 15 is 0 Å². The number of halogens is 4. The second-order valence-electron chi connectivity index (χ2n) is 14.3. The summed E-state index contributed by atoms with van der Waals surface area (Å²) >= 11 is 0. The highest BCUT2D eigenvalue weighted by molar-refractivity contribution is 6.02. The number of carboxylic acid groups (broad SMARTS) is 1. The van der Waals surface area contributed by atoms with Crippen molar-refractivity contribution in [1.29, 1.82) is 0 Å². The topological polar surface area (TPSA) is 79.1 Å². The van der Waals surface area contributed by atoms with Crippen LogP contribution in [0.4, 0.5) is 23.2 Å². The molecule has 0 unspecified atom stereocenters. The van der Waals surface area contributed by atoms with Gasteiger partial charge in [0, 0.05) is 65.2 Å². The van der Waals surface area contributed by atoms with Crippen LogP contribution in [0.2, 0.25) is 0 Å². The van der Waals surface area contributed by atoms with Crippen molar-refractivity contribution < 1.29 is 41.7 Å². The highest BCUT2D eigenvalue weighted by Crippen LogP contribution is 2.48. The average Bonchev–Trinajstić information content (AvgIpc) is 3.49. The molecule has 4 aromatic rings. The van der Waals surface area contributed by atoms with Crippen molar-refractivity contribution in [3.8, 4) is 17.2 Å². The minimum Gasteiger partial charge on any atom is -0.478 e. The summed E-state index contributed by atoms with van der Waals surface area (Å²) in [7, 11) is 0. The molecule has 0 aliphatic carbocycles. The molecule has 0 fully saturated rings. The zero-order valence-electron chi connectivity index (χ0n) is 28.4. The van der Waals surface area contributed by atoms with Gasteiger partial charge >= 0.3 is 11.9 Å². The van der Waals surface area contributed by atoms with Crippen LogP contribution in [0.5, 0.6) is 17.2 Å². The van der Waals surface area contributed by atoms with Crippen LogP contribution in [0.3, 0.4) is 0 Å². The largest absolute Gasteiger partial charge is 0.478 e. The van der Waals surface area contributed by atoms with Gasteiger partial charge in [0.05, 0.1) is 16.7 Å². The summed E-state index contributed by atoms with van der Waals surface area (Å²) in [5, 5.41) is 12.5. The van der Waals surface area contributed by atoms with Gasteiger partial charge in [-0.25, -0.2) is 22.9 Å². The molecule has 5 aliphatic rings. The van der Waals surface area contributed by atoms with Gasteiger partial charge in [0.25, 0.3) is 0 Å². The minimum absolute atomic E-state index is 0.0267. The zero-order valence-corrected chi connectivity index (χ0v) is 28.4. The van der Waals surface area contributed by atoms with Gasteiger partial charge < -0.3 is 19.5 Å². The lowest BCUT2D eigenvalue weighted by Crippen LogP contribution is -2.41. The van der Waals surface area contributed by atoms with Crippen LogP contribution in [-0.4, -0.2) is 43.2 Å². The number of rotatable bonds is 4. The number of benzene rings is 4. The van der Waals surface area contributed by atoms with Gasteiger partial charge in [0.15, 0.2) is 11.6 Å². The molecule has 0 spiro atoms. The molecule has 1 N–H and O–H groups in total. The summed E-state index contributed by atoms with van der Waals surface area (Å²) in [6.07, 6.45) is 9.23. The molecule has 5 heterocycles. The maximum atomic E-state index is 14.6. The average molecular weight is 712 g/mol. The van der Waals surface area contributed by atoms with Crippen molar-refractivity contribution in [3.05, 3.63) is 115 Å². The molecule has 0 saturated heterocycles. The van der Waals surface area contributed by atoms with Crippen LogP contribution >= 0.6 is 0 Å². The highest BCUT2D eigenvalue weighted by Gasteiger charge is 2.36. The van der Waals surface area contributed by atoms with E-state index in [0.717, 1.165) is 123 Å². The summed E-state index contributed by atoms with van der Waals surface area (Å²) in [4.78, 5) is 28.9. The molecule has 7 nitrogen and oxygen atoms in total. The number of aryl methyl sites for hydroxylation is 2. The Hall–Kier alpha value is -5.19. The maximum absolute atomic E-state index is 14.6. The maximum Gasteiger partial charge on any atom is 0.343 e. The number of anilines is 1. The second-order valence-corrected chi connectivity index (χ2v) is 14.3. The van der Waals surface area contributed by atoms with E-state index in [4.69, 9.17) is 9.47 Å². The molecule has 5 aliphatic heterocycles. The number of carboxylic acids is 1. The van der Waals surface area contributed by atoms with E-state index in [2.05, 4.69) is 21.6 Å². The lowest BCUT2D eigenvalue weighted by Gasteiger charge is -2.35. The first-order chi connectivity index (χ1) is 25.2. The first-order valence-corrected chi connectivity index (χ1v) is 18.1. The molecular formula is C41H35F4N2O5+. The van der Waals surface area contributed by atoms with Gasteiger partial charge in [-0.05, 0) is 92.8 Å². The third kappa shape index (κ3) is 5.10. The van der Waals surface area contributed by atoms with Crippen molar-refractivity contribution in [2.45, 2.75) is 64.2 Å². The molecular weight excluding hydrogens is 676 g/mol. The summed E-state index contributed by atoms with van der Waals surface area (Å²) in [6.45, 7) is 3.79. The fourth-order valence-corrected chi connectivity index (χ4v) is 8.98.